The lowest BCUT2D eigenvalue weighted by Gasteiger charge is -2.30. The molecular weight excluding hydrogens is 454 g/mol. The van der Waals surface area contributed by atoms with E-state index in [1.54, 1.807) is 16.7 Å². The fourth-order valence-corrected chi connectivity index (χ4v) is 6.74. The maximum Gasteiger partial charge on any atom is 0.254 e. The molecule has 0 unspecified atom stereocenters. The number of carbonyl (C=O) groups is 1. The largest absolute Gasteiger partial charge is 0.376 e. The van der Waals surface area contributed by atoms with E-state index >= 15 is 0 Å². The summed E-state index contributed by atoms with van der Waals surface area (Å²) < 4.78 is 29.8. The predicted molar refractivity (Wildman–Crippen MR) is 125 cm³/mol. The van der Waals surface area contributed by atoms with E-state index in [4.69, 9.17) is 16.3 Å². The number of hydrogen-bond donors (Lipinski definition) is 0. The zero-order chi connectivity index (χ0) is 21.8. The molecule has 2 atom stereocenters. The van der Waals surface area contributed by atoms with Crippen molar-refractivity contribution in [2.24, 2.45) is 0 Å². The number of hydrogen-bond acceptors (Lipinski definition) is 5. The summed E-state index contributed by atoms with van der Waals surface area (Å²) in [5.74, 6) is 0.862. The van der Waals surface area contributed by atoms with Crippen molar-refractivity contribution in [3.05, 3.63) is 64.7 Å². The molecule has 0 saturated carbocycles. The number of halogens is 1. The molecule has 5 nitrogen and oxygen atoms in total. The smallest absolute Gasteiger partial charge is 0.254 e. The zero-order valence-corrected chi connectivity index (χ0v) is 19.6. The van der Waals surface area contributed by atoms with Crippen molar-refractivity contribution in [2.75, 3.05) is 24.7 Å². The molecule has 0 N–H and O–H groups in total. The number of sulfone groups is 1. The minimum atomic E-state index is -3.08. The molecule has 0 radical (unpaired) electrons. The summed E-state index contributed by atoms with van der Waals surface area (Å²) in [5.41, 5.74) is 1.70. The van der Waals surface area contributed by atoms with Crippen LogP contribution in [0.1, 0.15) is 35.2 Å². The van der Waals surface area contributed by atoms with Gasteiger partial charge in [-0.05, 0) is 61.2 Å². The van der Waals surface area contributed by atoms with E-state index in [1.165, 1.54) is 0 Å². The topological polar surface area (TPSA) is 63.7 Å². The van der Waals surface area contributed by atoms with Gasteiger partial charge in [-0.3, -0.25) is 4.79 Å². The van der Waals surface area contributed by atoms with Crippen LogP contribution in [0.4, 0.5) is 0 Å². The minimum Gasteiger partial charge on any atom is -0.376 e. The van der Waals surface area contributed by atoms with Crippen molar-refractivity contribution in [3.8, 4) is 0 Å². The van der Waals surface area contributed by atoms with E-state index < -0.39 is 9.84 Å². The monoisotopic (exact) mass is 479 g/mol. The van der Waals surface area contributed by atoms with Gasteiger partial charge in [0.15, 0.2) is 9.84 Å². The number of benzene rings is 2. The number of nitrogens with zero attached hydrogens (tertiary/aromatic N) is 1. The molecule has 0 aromatic heterocycles. The number of carbonyl (C=O) groups excluding carboxylic acids is 1. The Balaban J connectivity index is 1.43. The molecular formula is C23H26ClNO4S2. The van der Waals surface area contributed by atoms with E-state index in [1.807, 2.05) is 48.5 Å². The van der Waals surface area contributed by atoms with Gasteiger partial charge in [0.2, 0.25) is 0 Å². The summed E-state index contributed by atoms with van der Waals surface area (Å²) in [4.78, 5) is 16.2. The first kappa shape index (κ1) is 22.6. The molecule has 2 heterocycles. The Morgan fingerprint density at radius 1 is 1.10 bits per heavy atom. The number of thioether (sulfide) groups is 1. The maximum absolute atomic E-state index is 13.3. The van der Waals surface area contributed by atoms with Crippen molar-refractivity contribution >= 4 is 39.1 Å². The Morgan fingerprint density at radius 3 is 2.45 bits per heavy atom. The van der Waals surface area contributed by atoms with Gasteiger partial charge < -0.3 is 9.64 Å². The maximum atomic E-state index is 13.3. The molecule has 2 fully saturated rings. The van der Waals surface area contributed by atoms with E-state index in [-0.39, 0.29) is 29.6 Å². The second-order valence-electron chi connectivity index (χ2n) is 8.09. The summed E-state index contributed by atoms with van der Waals surface area (Å²) in [6.45, 7) is 1.16. The SMILES string of the molecule is O=C(c1ccc(CSc2ccc(Cl)cc2)cc1)N(C[C@@H]1CCCO1)[C@@H]1CCS(=O)(=O)C1. The summed E-state index contributed by atoms with van der Waals surface area (Å²) in [6.07, 6.45) is 2.37. The van der Waals surface area contributed by atoms with Gasteiger partial charge in [-0.2, -0.15) is 0 Å². The first-order valence-corrected chi connectivity index (χ1v) is 13.7. The second kappa shape index (κ2) is 9.94. The van der Waals surface area contributed by atoms with Crippen LogP contribution in [0.3, 0.4) is 0 Å². The van der Waals surface area contributed by atoms with Crippen LogP contribution in [0.25, 0.3) is 0 Å². The first-order chi connectivity index (χ1) is 14.9. The van der Waals surface area contributed by atoms with Crippen LogP contribution in [0.15, 0.2) is 53.4 Å². The quantitative estimate of drug-likeness (QED) is 0.549. The minimum absolute atomic E-state index is 0.0118. The number of rotatable bonds is 7. The molecule has 0 bridgehead atoms. The van der Waals surface area contributed by atoms with Crippen LogP contribution in [0.5, 0.6) is 0 Å². The fraction of sp³-hybridized carbons (Fsp3) is 0.435. The van der Waals surface area contributed by atoms with Gasteiger partial charge in [0.25, 0.3) is 5.91 Å². The van der Waals surface area contributed by atoms with Crippen LogP contribution >= 0.6 is 23.4 Å². The summed E-state index contributed by atoms with van der Waals surface area (Å²) in [7, 11) is -3.08. The standard InChI is InChI=1S/C23H26ClNO4S2/c24-19-7-9-22(10-8-19)30-15-17-3-5-18(6-4-17)23(26)25(14-21-2-1-12-29-21)20-11-13-31(27,28)16-20/h3-10,20-21H,1-2,11-16H2/t20-,21+/m1/s1. The highest BCUT2D eigenvalue weighted by atomic mass is 35.5. The molecule has 8 heteroatoms. The molecule has 0 aliphatic carbocycles. The van der Waals surface area contributed by atoms with Crippen LogP contribution in [-0.4, -0.2) is 56.0 Å². The lowest BCUT2D eigenvalue weighted by atomic mass is 10.1. The lowest BCUT2D eigenvalue weighted by Crippen LogP contribution is -2.45. The third kappa shape index (κ3) is 6.04. The van der Waals surface area contributed by atoms with E-state index in [9.17, 15) is 13.2 Å². The van der Waals surface area contributed by atoms with Crippen molar-refractivity contribution in [3.63, 3.8) is 0 Å². The Bertz CT molecular complexity index is 1000. The average Bonchev–Trinajstić information content (AvgIpc) is 3.40. The van der Waals surface area contributed by atoms with Crippen molar-refractivity contribution < 1.29 is 17.9 Å². The summed E-state index contributed by atoms with van der Waals surface area (Å²) in [5, 5.41) is 0.717. The Hall–Kier alpha value is -1.54. The van der Waals surface area contributed by atoms with E-state index in [2.05, 4.69) is 0 Å². The second-order valence-corrected chi connectivity index (χ2v) is 11.8. The summed E-state index contributed by atoms with van der Waals surface area (Å²) in [6, 6.07) is 15.1. The zero-order valence-electron chi connectivity index (χ0n) is 17.2. The van der Waals surface area contributed by atoms with Crippen LogP contribution in [0, 0.1) is 0 Å². The van der Waals surface area contributed by atoms with Crippen LogP contribution in [-0.2, 0) is 20.3 Å². The molecule has 2 saturated heterocycles. The third-order valence-corrected chi connectivity index (χ3v) is 8.84. The van der Waals surface area contributed by atoms with Gasteiger partial charge in [-0.15, -0.1) is 11.8 Å². The highest BCUT2D eigenvalue weighted by Gasteiger charge is 2.36. The van der Waals surface area contributed by atoms with E-state index in [0.29, 0.717) is 25.1 Å². The van der Waals surface area contributed by atoms with Crippen molar-refractivity contribution in [1.29, 1.82) is 0 Å². The van der Waals surface area contributed by atoms with Gasteiger partial charge in [-0.25, -0.2) is 8.42 Å². The Labute approximate surface area is 193 Å². The first-order valence-electron chi connectivity index (χ1n) is 10.5. The third-order valence-electron chi connectivity index (χ3n) is 5.75. The van der Waals surface area contributed by atoms with Gasteiger partial charge >= 0.3 is 0 Å². The van der Waals surface area contributed by atoms with Gasteiger partial charge in [-0.1, -0.05) is 23.7 Å². The lowest BCUT2D eigenvalue weighted by molar-refractivity contribution is 0.0441. The molecule has 0 spiro atoms. The van der Waals surface area contributed by atoms with Gasteiger partial charge in [0.1, 0.15) is 0 Å². The Morgan fingerprint density at radius 2 is 1.84 bits per heavy atom. The highest BCUT2D eigenvalue weighted by molar-refractivity contribution is 7.98. The van der Waals surface area contributed by atoms with Crippen molar-refractivity contribution in [1.82, 2.24) is 4.90 Å². The average molecular weight is 480 g/mol. The number of amides is 1. The molecule has 2 aliphatic rings. The van der Waals surface area contributed by atoms with Crippen LogP contribution in [0.2, 0.25) is 5.02 Å². The molecule has 1 amide bonds. The fourth-order valence-electron chi connectivity index (χ4n) is 4.03. The normalized spacial score (nSPS) is 22.5. The molecule has 2 aromatic rings. The molecule has 2 aliphatic heterocycles. The summed E-state index contributed by atoms with van der Waals surface area (Å²) >= 11 is 7.64. The van der Waals surface area contributed by atoms with Crippen molar-refractivity contribution in [2.45, 2.75) is 42.1 Å². The molecule has 31 heavy (non-hydrogen) atoms. The Kier molecular flexibility index (Phi) is 7.26. The molecule has 4 rings (SSSR count). The van der Waals surface area contributed by atoms with Gasteiger partial charge in [0, 0.05) is 40.4 Å². The van der Waals surface area contributed by atoms with Gasteiger partial charge in [0.05, 0.1) is 17.6 Å². The molecule has 2 aromatic carbocycles. The number of ether oxygens (including phenoxy) is 1. The predicted octanol–water partition coefficient (Wildman–Crippen LogP) is 4.44. The van der Waals surface area contributed by atoms with Crippen LogP contribution < -0.4 is 0 Å². The van der Waals surface area contributed by atoms with E-state index in [0.717, 1.165) is 34.1 Å². The molecule has 166 valence electrons. The highest BCUT2D eigenvalue weighted by Crippen LogP contribution is 2.26.